The maximum atomic E-state index is 4.54. The first kappa shape index (κ1) is 7.80. The van der Waals surface area contributed by atoms with Crippen molar-refractivity contribution in [3.63, 3.8) is 0 Å². The SMILES string of the molecule is C1=C(n2cc3ccccc3n2)CCC1. The highest BCUT2D eigenvalue weighted by atomic mass is 15.3. The van der Waals surface area contributed by atoms with Crippen LogP contribution in [0.25, 0.3) is 16.6 Å². The van der Waals surface area contributed by atoms with Gasteiger partial charge in [-0.25, -0.2) is 4.68 Å². The standard InChI is InChI=1S/C12H12N2/c1-4-8-12-10(5-1)9-14(13-12)11-6-2-3-7-11/h1,4-6,8-9H,2-3,7H2. The number of aromatic nitrogens is 2. The van der Waals surface area contributed by atoms with Crippen molar-refractivity contribution in [2.75, 3.05) is 0 Å². The minimum atomic E-state index is 1.08. The number of nitrogens with zero attached hydrogens (tertiary/aromatic N) is 2. The second kappa shape index (κ2) is 2.98. The lowest BCUT2D eigenvalue weighted by Gasteiger charge is -1.98. The van der Waals surface area contributed by atoms with Gasteiger partial charge in [-0.2, -0.15) is 5.10 Å². The van der Waals surface area contributed by atoms with Gasteiger partial charge in [0.1, 0.15) is 0 Å². The molecule has 1 aromatic carbocycles. The van der Waals surface area contributed by atoms with E-state index in [2.05, 4.69) is 35.6 Å². The minimum Gasteiger partial charge on any atom is -0.244 e. The fourth-order valence-electron chi connectivity index (χ4n) is 1.97. The van der Waals surface area contributed by atoms with Crippen molar-refractivity contribution in [2.24, 2.45) is 0 Å². The van der Waals surface area contributed by atoms with Crippen LogP contribution < -0.4 is 0 Å². The van der Waals surface area contributed by atoms with Crippen LogP contribution in [0.1, 0.15) is 19.3 Å². The van der Waals surface area contributed by atoms with Crippen LogP contribution in [0, 0.1) is 0 Å². The van der Waals surface area contributed by atoms with Crippen LogP contribution in [0.5, 0.6) is 0 Å². The van der Waals surface area contributed by atoms with Gasteiger partial charge in [-0.3, -0.25) is 0 Å². The van der Waals surface area contributed by atoms with Gasteiger partial charge in [-0.15, -0.1) is 0 Å². The van der Waals surface area contributed by atoms with Crippen LogP contribution in [0.3, 0.4) is 0 Å². The predicted octanol–water partition coefficient (Wildman–Crippen LogP) is 3.06. The van der Waals surface area contributed by atoms with Gasteiger partial charge >= 0.3 is 0 Å². The maximum Gasteiger partial charge on any atom is 0.0927 e. The zero-order chi connectivity index (χ0) is 9.38. The van der Waals surface area contributed by atoms with Crippen molar-refractivity contribution in [3.8, 4) is 0 Å². The van der Waals surface area contributed by atoms with E-state index in [-0.39, 0.29) is 0 Å². The molecule has 0 saturated heterocycles. The van der Waals surface area contributed by atoms with Crippen molar-refractivity contribution in [3.05, 3.63) is 36.5 Å². The third-order valence-electron chi connectivity index (χ3n) is 2.72. The van der Waals surface area contributed by atoms with Crippen molar-refractivity contribution in [1.82, 2.24) is 9.78 Å². The van der Waals surface area contributed by atoms with Crippen molar-refractivity contribution < 1.29 is 0 Å². The van der Waals surface area contributed by atoms with E-state index in [4.69, 9.17) is 0 Å². The molecule has 0 bridgehead atoms. The average Bonchev–Trinajstić information content (AvgIpc) is 2.86. The summed E-state index contributed by atoms with van der Waals surface area (Å²) in [6.45, 7) is 0. The molecule has 0 amide bonds. The summed E-state index contributed by atoms with van der Waals surface area (Å²) < 4.78 is 2.03. The topological polar surface area (TPSA) is 17.8 Å². The molecule has 3 rings (SSSR count). The Morgan fingerprint density at radius 2 is 2.14 bits per heavy atom. The first-order chi connectivity index (χ1) is 6.93. The molecule has 0 atom stereocenters. The van der Waals surface area contributed by atoms with E-state index >= 15 is 0 Å². The van der Waals surface area contributed by atoms with Gasteiger partial charge in [0.2, 0.25) is 0 Å². The Balaban J connectivity index is 2.14. The zero-order valence-corrected chi connectivity index (χ0v) is 7.98. The summed E-state index contributed by atoms with van der Waals surface area (Å²) in [7, 11) is 0. The third kappa shape index (κ3) is 1.15. The Morgan fingerprint density at radius 1 is 1.21 bits per heavy atom. The van der Waals surface area contributed by atoms with E-state index in [0.29, 0.717) is 0 Å². The lowest BCUT2D eigenvalue weighted by molar-refractivity contribution is 0.851. The molecular formula is C12H12N2. The number of allylic oxidation sites excluding steroid dienone is 2. The van der Waals surface area contributed by atoms with Gasteiger partial charge in [0.15, 0.2) is 0 Å². The summed E-state index contributed by atoms with van der Waals surface area (Å²) in [5, 5.41) is 5.77. The third-order valence-corrected chi connectivity index (χ3v) is 2.72. The van der Waals surface area contributed by atoms with Crippen molar-refractivity contribution >= 4 is 16.6 Å². The molecule has 2 nitrogen and oxygen atoms in total. The zero-order valence-electron chi connectivity index (χ0n) is 7.98. The van der Waals surface area contributed by atoms with E-state index in [9.17, 15) is 0 Å². The molecule has 1 aromatic heterocycles. The molecule has 1 aliphatic carbocycles. The van der Waals surface area contributed by atoms with Crippen molar-refractivity contribution in [2.45, 2.75) is 19.3 Å². The van der Waals surface area contributed by atoms with E-state index in [1.807, 2.05) is 10.7 Å². The summed E-state index contributed by atoms with van der Waals surface area (Å²) in [6, 6.07) is 8.25. The summed E-state index contributed by atoms with van der Waals surface area (Å²) in [6.07, 6.45) is 8.03. The molecule has 0 unspecified atom stereocenters. The fraction of sp³-hybridized carbons (Fsp3) is 0.250. The predicted molar refractivity (Wildman–Crippen MR) is 57.9 cm³/mol. The monoisotopic (exact) mass is 184 g/mol. The number of fused-ring (bicyclic) bond motifs is 1. The second-order valence-corrected chi connectivity index (χ2v) is 3.72. The molecule has 14 heavy (non-hydrogen) atoms. The average molecular weight is 184 g/mol. The molecule has 0 aliphatic heterocycles. The minimum absolute atomic E-state index is 1.08. The number of rotatable bonds is 1. The summed E-state index contributed by atoms with van der Waals surface area (Å²) in [5.74, 6) is 0. The molecule has 0 radical (unpaired) electrons. The Morgan fingerprint density at radius 3 is 2.93 bits per heavy atom. The highest BCUT2D eigenvalue weighted by molar-refractivity contribution is 5.78. The van der Waals surface area contributed by atoms with Gasteiger partial charge in [0, 0.05) is 17.3 Å². The molecule has 1 heterocycles. The highest BCUT2D eigenvalue weighted by Gasteiger charge is 2.08. The molecule has 0 saturated carbocycles. The van der Waals surface area contributed by atoms with Crippen LogP contribution in [0.2, 0.25) is 0 Å². The summed E-state index contributed by atoms with van der Waals surface area (Å²) in [5.41, 5.74) is 2.43. The maximum absolute atomic E-state index is 4.54. The van der Waals surface area contributed by atoms with E-state index in [1.54, 1.807) is 0 Å². The largest absolute Gasteiger partial charge is 0.244 e. The van der Waals surface area contributed by atoms with Gasteiger partial charge in [0.05, 0.1) is 5.52 Å². The number of hydrogen-bond acceptors (Lipinski definition) is 1. The quantitative estimate of drug-likeness (QED) is 0.666. The Bertz CT molecular complexity index is 461. The Labute approximate surface area is 82.8 Å². The molecule has 2 heteroatoms. The normalized spacial score (nSPS) is 16.1. The van der Waals surface area contributed by atoms with E-state index in [0.717, 1.165) is 11.9 Å². The van der Waals surface area contributed by atoms with E-state index < -0.39 is 0 Å². The molecular weight excluding hydrogens is 172 g/mol. The van der Waals surface area contributed by atoms with Crippen LogP contribution in [0.15, 0.2) is 36.5 Å². The molecule has 0 N–H and O–H groups in total. The highest BCUT2D eigenvalue weighted by Crippen LogP contribution is 2.23. The first-order valence-corrected chi connectivity index (χ1v) is 5.07. The van der Waals surface area contributed by atoms with Crippen LogP contribution in [0.4, 0.5) is 0 Å². The van der Waals surface area contributed by atoms with E-state index in [1.165, 1.54) is 23.9 Å². The first-order valence-electron chi connectivity index (χ1n) is 5.07. The smallest absolute Gasteiger partial charge is 0.0927 e. The summed E-state index contributed by atoms with van der Waals surface area (Å²) in [4.78, 5) is 0. The van der Waals surface area contributed by atoms with Gasteiger partial charge < -0.3 is 0 Å². The Kier molecular flexibility index (Phi) is 1.66. The van der Waals surface area contributed by atoms with Crippen LogP contribution in [-0.4, -0.2) is 9.78 Å². The summed E-state index contributed by atoms with van der Waals surface area (Å²) >= 11 is 0. The van der Waals surface area contributed by atoms with Crippen molar-refractivity contribution in [1.29, 1.82) is 0 Å². The lowest BCUT2D eigenvalue weighted by atomic mass is 10.3. The molecule has 70 valence electrons. The van der Waals surface area contributed by atoms with Gasteiger partial charge in [0.25, 0.3) is 0 Å². The Hall–Kier alpha value is -1.57. The molecule has 0 spiro atoms. The number of hydrogen-bond donors (Lipinski definition) is 0. The molecule has 0 fully saturated rings. The molecule has 1 aliphatic rings. The van der Waals surface area contributed by atoms with Gasteiger partial charge in [-0.1, -0.05) is 24.3 Å². The number of benzene rings is 1. The fourth-order valence-corrected chi connectivity index (χ4v) is 1.97. The van der Waals surface area contributed by atoms with Crippen LogP contribution in [-0.2, 0) is 0 Å². The van der Waals surface area contributed by atoms with Crippen LogP contribution >= 0.6 is 0 Å². The lowest BCUT2D eigenvalue weighted by Crippen LogP contribution is -1.93. The van der Waals surface area contributed by atoms with Gasteiger partial charge in [-0.05, 0) is 25.3 Å². The second-order valence-electron chi connectivity index (χ2n) is 3.72. The molecule has 2 aromatic rings.